The first-order chi connectivity index (χ1) is 8.85. The van der Waals surface area contributed by atoms with E-state index in [9.17, 15) is 5.11 Å². The minimum absolute atomic E-state index is 0.0827. The zero-order valence-electron chi connectivity index (χ0n) is 10.4. The molecule has 0 aliphatic heterocycles. The van der Waals surface area contributed by atoms with Crippen LogP contribution in [0.5, 0.6) is 5.75 Å². The highest BCUT2D eigenvalue weighted by molar-refractivity contribution is 5.21. The fourth-order valence-corrected chi connectivity index (χ4v) is 1.80. The molecule has 5 heteroatoms. The fourth-order valence-electron chi connectivity index (χ4n) is 1.80. The molecule has 0 bridgehead atoms. The Labute approximate surface area is 106 Å². The minimum atomic E-state index is -0.0827. The number of aromatic nitrogens is 3. The average Bonchev–Trinajstić information content (AvgIpc) is 2.82. The van der Waals surface area contributed by atoms with Crippen molar-refractivity contribution in [3.63, 3.8) is 0 Å². The van der Waals surface area contributed by atoms with Crippen molar-refractivity contribution in [2.24, 2.45) is 0 Å². The first kappa shape index (κ1) is 12.6. The van der Waals surface area contributed by atoms with E-state index in [1.165, 1.54) is 0 Å². The Morgan fingerprint density at radius 2 is 2.06 bits per heavy atom. The van der Waals surface area contributed by atoms with E-state index in [0.29, 0.717) is 18.7 Å². The molecule has 2 rings (SSSR count). The van der Waals surface area contributed by atoms with Gasteiger partial charge in [-0.05, 0) is 19.1 Å². The summed E-state index contributed by atoms with van der Waals surface area (Å²) in [6, 6.07) is 9.66. The molecule has 0 saturated carbocycles. The maximum absolute atomic E-state index is 9.19. The molecule has 0 spiro atoms. The van der Waals surface area contributed by atoms with E-state index in [-0.39, 0.29) is 6.61 Å². The number of para-hydroxylation sites is 1. The molecular weight excluding hydrogens is 230 g/mol. The van der Waals surface area contributed by atoms with Gasteiger partial charge in [-0.25, -0.2) is 4.68 Å². The normalized spacial score (nSPS) is 10.6. The Morgan fingerprint density at radius 3 is 2.72 bits per heavy atom. The van der Waals surface area contributed by atoms with Crippen LogP contribution in [-0.4, -0.2) is 26.7 Å². The molecule has 0 fully saturated rings. The van der Waals surface area contributed by atoms with E-state index < -0.39 is 0 Å². The van der Waals surface area contributed by atoms with Crippen LogP contribution in [0, 0.1) is 0 Å². The second kappa shape index (κ2) is 6.16. The first-order valence-corrected chi connectivity index (χ1v) is 6.05. The first-order valence-electron chi connectivity index (χ1n) is 6.05. The molecule has 1 aromatic carbocycles. The Bertz CT molecular complexity index is 461. The van der Waals surface area contributed by atoms with E-state index in [1.807, 2.05) is 37.3 Å². The van der Waals surface area contributed by atoms with Gasteiger partial charge in [-0.1, -0.05) is 23.4 Å². The molecular formula is C13H17N3O2. The summed E-state index contributed by atoms with van der Waals surface area (Å²) >= 11 is 0. The van der Waals surface area contributed by atoms with Crippen molar-refractivity contribution in [2.45, 2.75) is 26.5 Å². The topological polar surface area (TPSA) is 60.2 Å². The van der Waals surface area contributed by atoms with E-state index in [1.54, 1.807) is 4.68 Å². The van der Waals surface area contributed by atoms with Gasteiger partial charge in [0.05, 0.1) is 18.9 Å². The zero-order chi connectivity index (χ0) is 12.8. The Morgan fingerprint density at radius 1 is 1.28 bits per heavy atom. The van der Waals surface area contributed by atoms with E-state index in [2.05, 4.69) is 10.3 Å². The summed E-state index contributed by atoms with van der Waals surface area (Å²) in [6.07, 6.45) is 0.686. The van der Waals surface area contributed by atoms with E-state index >= 15 is 0 Å². The maximum atomic E-state index is 9.19. The molecule has 1 heterocycles. The molecule has 0 atom stereocenters. The molecule has 96 valence electrons. The number of aryl methyl sites for hydroxylation is 1. The number of hydrogen-bond acceptors (Lipinski definition) is 4. The average molecular weight is 247 g/mol. The Hall–Kier alpha value is -1.88. The minimum Gasteiger partial charge on any atom is -0.493 e. The largest absolute Gasteiger partial charge is 0.493 e. The fraction of sp³-hybridized carbons (Fsp3) is 0.385. The third-order valence-electron chi connectivity index (χ3n) is 2.72. The summed E-state index contributed by atoms with van der Waals surface area (Å²) in [7, 11) is 0. The van der Waals surface area contributed by atoms with Crippen LogP contribution in [0.2, 0.25) is 0 Å². The molecule has 1 N–H and O–H groups in total. The molecule has 2 aromatic rings. The number of ether oxygens (including phenoxy) is 1. The predicted octanol–water partition coefficient (Wildman–Crippen LogP) is 1.41. The lowest BCUT2D eigenvalue weighted by Gasteiger charge is -2.07. The molecule has 0 unspecified atom stereocenters. The summed E-state index contributed by atoms with van der Waals surface area (Å²) in [4.78, 5) is 0. The Balaban J connectivity index is 1.95. The highest BCUT2D eigenvalue weighted by atomic mass is 16.5. The van der Waals surface area contributed by atoms with Crippen molar-refractivity contribution in [3.8, 4) is 5.75 Å². The molecule has 5 nitrogen and oxygen atoms in total. The molecule has 1 aromatic heterocycles. The monoisotopic (exact) mass is 247 g/mol. The Kier molecular flexibility index (Phi) is 4.30. The lowest BCUT2D eigenvalue weighted by Crippen LogP contribution is -2.09. The summed E-state index contributed by atoms with van der Waals surface area (Å²) in [6.45, 7) is 3.20. The van der Waals surface area contributed by atoms with E-state index in [4.69, 9.17) is 4.74 Å². The maximum Gasteiger partial charge on any atom is 0.119 e. The number of rotatable bonds is 6. The van der Waals surface area contributed by atoms with Crippen LogP contribution < -0.4 is 4.74 Å². The van der Waals surface area contributed by atoms with Crippen LogP contribution in [0.3, 0.4) is 0 Å². The molecule has 0 radical (unpaired) electrons. The number of nitrogens with zero attached hydrogens (tertiary/aromatic N) is 3. The van der Waals surface area contributed by atoms with Crippen molar-refractivity contribution >= 4 is 0 Å². The van der Waals surface area contributed by atoms with Crippen molar-refractivity contribution in [2.75, 3.05) is 6.61 Å². The van der Waals surface area contributed by atoms with Crippen molar-refractivity contribution in [3.05, 3.63) is 41.7 Å². The third kappa shape index (κ3) is 2.87. The second-order valence-corrected chi connectivity index (χ2v) is 3.87. The summed E-state index contributed by atoms with van der Waals surface area (Å²) < 4.78 is 7.42. The molecule has 0 saturated heterocycles. The van der Waals surface area contributed by atoms with Crippen LogP contribution >= 0.6 is 0 Å². The molecule has 0 amide bonds. The predicted molar refractivity (Wildman–Crippen MR) is 67.3 cm³/mol. The third-order valence-corrected chi connectivity index (χ3v) is 2.72. The molecule has 18 heavy (non-hydrogen) atoms. The summed E-state index contributed by atoms with van der Waals surface area (Å²) in [5.41, 5.74) is 1.57. The smallest absolute Gasteiger partial charge is 0.119 e. The summed E-state index contributed by atoms with van der Waals surface area (Å²) in [5.74, 6) is 0.846. The van der Waals surface area contributed by atoms with Gasteiger partial charge in [0.1, 0.15) is 11.4 Å². The standard InChI is InChI=1S/C13H17N3O2/c1-2-16-13(12(10-17)14-15-16)8-9-18-11-6-4-3-5-7-11/h3-7,17H,2,8-10H2,1H3. The van der Waals surface area contributed by atoms with Crippen molar-refractivity contribution in [1.29, 1.82) is 0 Å². The van der Waals surface area contributed by atoms with Crippen molar-refractivity contribution in [1.82, 2.24) is 15.0 Å². The SMILES string of the molecule is CCn1nnc(CO)c1CCOc1ccccc1. The lowest BCUT2D eigenvalue weighted by atomic mass is 10.2. The number of benzene rings is 1. The van der Waals surface area contributed by atoms with Gasteiger partial charge in [-0.3, -0.25) is 0 Å². The highest BCUT2D eigenvalue weighted by Crippen LogP contribution is 2.11. The summed E-state index contributed by atoms with van der Waals surface area (Å²) in [5, 5.41) is 17.1. The van der Waals surface area contributed by atoms with Crippen LogP contribution in [0.1, 0.15) is 18.3 Å². The van der Waals surface area contributed by atoms with Crippen LogP contribution in [0.25, 0.3) is 0 Å². The van der Waals surface area contributed by atoms with Gasteiger partial charge in [0.25, 0.3) is 0 Å². The van der Waals surface area contributed by atoms with Gasteiger partial charge in [0.2, 0.25) is 0 Å². The van der Waals surface area contributed by atoms with Gasteiger partial charge in [0.15, 0.2) is 0 Å². The highest BCUT2D eigenvalue weighted by Gasteiger charge is 2.10. The van der Waals surface area contributed by atoms with Crippen LogP contribution in [0.15, 0.2) is 30.3 Å². The van der Waals surface area contributed by atoms with Crippen LogP contribution in [-0.2, 0) is 19.6 Å². The second-order valence-electron chi connectivity index (χ2n) is 3.87. The van der Waals surface area contributed by atoms with Gasteiger partial charge in [-0.15, -0.1) is 5.10 Å². The van der Waals surface area contributed by atoms with E-state index in [0.717, 1.165) is 18.0 Å². The number of aliphatic hydroxyl groups excluding tert-OH is 1. The van der Waals surface area contributed by atoms with Gasteiger partial charge in [0, 0.05) is 13.0 Å². The molecule has 0 aliphatic carbocycles. The quantitative estimate of drug-likeness (QED) is 0.838. The molecule has 0 aliphatic rings. The zero-order valence-corrected chi connectivity index (χ0v) is 10.4. The van der Waals surface area contributed by atoms with Crippen LogP contribution in [0.4, 0.5) is 0 Å². The van der Waals surface area contributed by atoms with Crippen molar-refractivity contribution < 1.29 is 9.84 Å². The number of aliphatic hydroxyl groups is 1. The van der Waals surface area contributed by atoms with Gasteiger partial charge >= 0.3 is 0 Å². The van der Waals surface area contributed by atoms with Gasteiger partial charge in [-0.2, -0.15) is 0 Å². The lowest BCUT2D eigenvalue weighted by molar-refractivity contribution is 0.273. The number of hydrogen-bond donors (Lipinski definition) is 1. The van der Waals surface area contributed by atoms with Gasteiger partial charge < -0.3 is 9.84 Å².